The molecule has 0 N–H and O–H groups in total. The Balaban J connectivity index is 2.64. The van der Waals surface area contributed by atoms with Gasteiger partial charge in [0, 0.05) is 0 Å². The van der Waals surface area contributed by atoms with Crippen molar-refractivity contribution in [3.8, 4) is 0 Å². The Morgan fingerprint density at radius 2 is 2.25 bits per heavy atom. The van der Waals surface area contributed by atoms with Crippen LogP contribution in [-0.4, -0.2) is 23.3 Å². The van der Waals surface area contributed by atoms with Crippen molar-refractivity contribution in [3.63, 3.8) is 0 Å². The van der Waals surface area contributed by atoms with Gasteiger partial charge in [0.15, 0.2) is 0 Å². The van der Waals surface area contributed by atoms with E-state index >= 15 is 0 Å². The SMILES string of the molecule is O=C1CN(P)C(=O)O1. The zero-order chi connectivity index (χ0) is 6.15. The van der Waals surface area contributed by atoms with Crippen molar-refractivity contribution in [2.45, 2.75) is 0 Å². The van der Waals surface area contributed by atoms with Crippen LogP contribution in [0.3, 0.4) is 0 Å². The number of hydrogen-bond acceptors (Lipinski definition) is 3. The molecule has 0 radical (unpaired) electrons. The van der Waals surface area contributed by atoms with Crippen molar-refractivity contribution in [1.29, 1.82) is 0 Å². The average molecular weight is 133 g/mol. The standard InChI is InChI=1S/C3H4NO3P/c5-2-1-4(8)3(6)7-2/h1,8H2. The van der Waals surface area contributed by atoms with Gasteiger partial charge < -0.3 is 4.74 Å². The topological polar surface area (TPSA) is 46.6 Å². The van der Waals surface area contributed by atoms with Crippen LogP contribution in [0.1, 0.15) is 0 Å². The van der Waals surface area contributed by atoms with Gasteiger partial charge in [0.1, 0.15) is 6.54 Å². The van der Waals surface area contributed by atoms with Gasteiger partial charge in [0.05, 0.1) is 0 Å². The van der Waals surface area contributed by atoms with Crippen molar-refractivity contribution in [3.05, 3.63) is 0 Å². The van der Waals surface area contributed by atoms with E-state index in [0.29, 0.717) is 0 Å². The average Bonchev–Trinajstić information content (AvgIpc) is 1.85. The fourth-order valence-corrected chi connectivity index (χ4v) is 0.594. The molecule has 1 aliphatic heterocycles. The molecule has 44 valence electrons. The van der Waals surface area contributed by atoms with Crippen molar-refractivity contribution in [2.75, 3.05) is 6.54 Å². The van der Waals surface area contributed by atoms with Gasteiger partial charge >= 0.3 is 12.1 Å². The van der Waals surface area contributed by atoms with E-state index in [9.17, 15) is 9.59 Å². The lowest BCUT2D eigenvalue weighted by atomic mass is 10.7. The van der Waals surface area contributed by atoms with Crippen LogP contribution in [0.2, 0.25) is 0 Å². The molecule has 1 amide bonds. The zero-order valence-electron chi connectivity index (χ0n) is 3.96. The molecule has 4 nitrogen and oxygen atoms in total. The number of esters is 1. The molecule has 1 atom stereocenters. The summed E-state index contributed by atoms with van der Waals surface area (Å²) in [5, 5.41) is 0. The minimum absolute atomic E-state index is 0.0451. The molecule has 0 saturated carbocycles. The Morgan fingerprint density at radius 3 is 2.38 bits per heavy atom. The van der Waals surface area contributed by atoms with Gasteiger partial charge in [-0.1, -0.05) is 0 Å². The van der Waals surface area contributed by atoms with E-state index in [-0.39, 0.29) is 6.54 Å². The lowest BCUT2D eigenvalue weighted by Gasteiger charge is -1.96. The number of cyclic esters (lactones) is 2. The second kappa shape index (κ2) is 1.71. The van der Waals surface area contributed by atoms with Gasteiger partial charge in [-0.15, -0.1) is 0 Å². The molecule has 0 spiro atoms. The molecule has 1 fully saturated rings. The quantitative estimate of drug-likeness (QED) is 0.260. The first kappa shape index (κ1) is 5.51. The molecule has 0 aromatic carbocycles. The maximum atomic E-state index is 10.2. The molecule has 0 aromatic heterocycles. The van der Waals surface area contributed by atoms with E-state index in [4.69, 9.17) is 0 Å². The number of rotatable bonds is 0. The molecular weight excluding hydrogens is 129 g/mol. The van der Waals surface area contributed by atoms with Gasteiger partial charge in [0.25, 0.3) is 0 Å². The van der Waals surface area contributed by atoms with Crippen LogP contribution in [0.4, 0.5) is 4.79 Å². The van der Waals surface area contributed by atoms with Crippen LogP contribution in [0.5, 0.6) is 0 Å². The summed E-state index contributed by atoms with van der Waals surface area (Å²) < 4.78 is 5.23. The number of carbonyl (C=O) groups excluding carboxylic acids is 2. The molecule has 0 aromatic rings. The van der Waals surface area contributed by atoms with Gasteiger partial charge in [-0.2, -0.15) is 0 Å². The third-order valence-corrected chi connectivity index (χ3v) is 1.13. The summed E-state index contributed by atoms with van der Waals surface area (Å²) in [7, 11) is 2.07. The van der Waals surface area contributed by atoms with Crippen LogP contribution in [0.25, 0.3) is 0 Å². The number of amides is 1. The fourth-order valence-electron chi connectivity index (χ4n) is 0.392. The number of nitrogens with zero attached hydrogens (tertiary/aromatic N) is 1. The van der Waals surface area contributed by atoms with E-state index < -0.39 is 12.1 Å². The van der Waals surface area contributed by atoms with Crippen molar-refractivity contribution in [1.82, 2.24) is 4.67 Å². The monoisotopic (exact) mass is 133 g/mol. The molecule has 0 bridgehead atoms. The Morgan fingerprint density at radius 1 is 1.62 bits per heavy atom. The summed E-state index contributed by atoms with van der Waals surface area (Å²) in [4.78, 5) is 20.4. The molecule has 1 saturated heterocycles. The zero-order valence-corrected chi connectivity index (χ0v) is 5.11. The predicted molar refractivity (Wildman–Crippen MR) is 27.9 cm³/mol. The minimum Gasteiger partial charge on any atom is -0.375 e. The minimum atomic E-state index is -0.597. The summed E-state index contributed by atoms with van der Waals surface area (Å²) in [6.45, 7) is 0.0451. The molecule has 0 aliphatic carbocycles. The fraction of sp³-hybridized carbons (Fsp3) is 0.333. The highest BCUT2D eigenvalue weighted by atomic mass is 31.0. The predicted octanol–water partition coefficient (Wildman–Crippen LogP) is -0.245. The third-order valence-electron chi connectivity index (χ3n) is 0.735. The van der Waals surface area contributed by atoms with E-state index in [0.717, 1.165) is 4.67 Å². The highest BCUT2D eigenvalue weighted by Crippen LogP contribution is 2.08. The smallest absolute Gasteiger partial charge is 0.375 e. The molecule has 8 heavy (non-hydrogen) atoms. The molecular formula is C3H4NO3P. The highest BCUT2D eigenvalue weighted by molar-refractivity contribution is 7.14. The third kappa shape index (κ3) is 0.793. The van der Waals surface area contributed by atoms with Gasteiger partial charge in [-0.25, -0.2) is 9.59 Å². The second-order valence-corrected chi connectivity index (χ2v) is 1.99. The summed E-state index contributed by atoms with van der Waals surface area (Å²) in [5.41, 5.74) is 0. The largest absolute Gasteiger partial charge is 0.420 e. The van der Waals surface area contributed by atoms with E-state index in [1.807, 2.05) is 0 Å². The normalized spacial score (nSPS) is 19.4. The molecule has 1 rings (SSSR count). The van der Waals surface area contributed by atoms with E-state index in [1.54, 1.807) is 0 Å². The Bertz CT molecular complexity index is 145. The first-order chi connectivity index (χ1) is 3.70. The van der Waals surface area contributed by atoms with Crippen LogP contribution in [0.15, 0.2) is 0 Å². The summed E-state index contributed by atoms with van der Waals surface area (Å²) in [6, 6.07) is 0. The van der Waals surface area contributed by atoms with Crippen molar-refractivity contribution in [2.24, 2.45) is 0 Å². The summed E-state index contributed by atoms with van der Waals surface area (Å²) >= 11 is 0. The van der Waals surface area contributed by atoms with E-state index in [1.165, 1.54) is 0 Å². The van der Waals surface area contributed by atoms with Crippen LogP contribution in [0, 0.1) is 0 Å². The Kier molecular flexibility index (Phi) is 1.18. The van der Waals surface area contributed by atoms with Crippen molar-refractivity contribution >= 4 is 21.5 Å². The number of ether oxygens (including phenoxy) is 1. The second-order valence-electron chi connectivity index (χ2n) is 1.37. The Hall–Kier alpha value is -0.630. The first-order valence-electron chi connectivity index (χ1n) is 1.97. The molecule has 1 aliphatic rings. The van der Waals surface area contributed by atoms with Gasteiger partial charge in [-0.3, -0.25) is 4.67 Å². The number of hydrogen-bond donors (Lipinski definition) is 0. The molecule has 1 heterocycles. The summed E-state index contributed by atoms with van der Waals surface area (Å²) in [6.07, 6.45) is -0.597. The van der Waals surface area contributed by atoms with Gasteiger partial charge in [0.2, 0.25) is 0 Å². The summed E-state index contributed by atoms with van der Waals surface area (Å²) in [5.74, 6) is -0.495. The van der Waals surface area contributed by atoms with Crippen LogP contribution in [-0.2, 0) is 9.53 Å². The van der Waals surface area contributed by atoms with Crippen molar-refractivity contribution < 1.29 is 14.3 Å². The molecule has 5 heteroatoms. The molecule has 1 unspecified atom stereocenters. The maximum Gasteiger partial charge on any atom is 0.420 e. The Labute approximate surface area is 48.0 Å². The lowest BCUT2D eigenvalue weighted by molar-refractivity contribution is -0.132. The first-order valence-corrected chi connectivity index (χ1v) is 2.48. The lowest BCUT2D eigenvalue weighted by Crippen LogP contribution is -2.10. The van der Waals surface area contributed by atoms with Crippen LogP contribution < -0.4 is 0 Å². The highest BCUT2D eigenvalue weighted by Gasteiger charge is 2.25. The van der Waals surface area contributed by atoms with Crippen LogP contribution >= 0.6 is 9.39 Å². The van der Waals surface area contributed by atoms with Gasteiger partial charge in [-0.05, 0) is 9.39 Å². The maximum absolute atomic E-state index is 10.2. The van der Waals surface area contributed by atoms with E-state index in [2.05, 4.69) is 14.1 Å². The number of carbonyl (C=O) groups is 2.